The van der Waals surface area contributed by atoms with Gasteiger partial charge in [-0.1, -0.05) is 18.7 Å². The van der Waals surface area contributed by atoms with Crippen molar-refractivity contribution in [1.29, 1.82) is 0 Å². The van der Waals surface area contributed by atoms with Gasteiger partial charge in [-0.05, 0) is 63.9 Å². The van der Waals surface area contributed by atoms with Crippen LogP contribution in [0, 0.1) is 5.92 Å². The van der Waals surface area contributed by atoms with E-state index in [9.17, 15) is 0 Å². The number of hydrogen-bond acceptors (Lipinski definition) is 2. The molecule has 1 aliphatic rings. The fourth-order valence-corrected chi connectivity index (χ4v) is 3.12. The smallest absolute Gasteiger partial charge is 0.0480 e. The lowest BCUT2D eigenvalue weighted by Crippen LogP contribution is -2.33. The molecule has 3 nitrogen and oxygen atoms in total. The first-order valence-corrected chi connectivity index (χ1v) is 8.18. The summed E-state index contributed by atoms with van der Waals surface area (Å²) in [6.07, 6.45) is 11.1. The van der Waals surface area contributed by atoms with Crippen LogP contribution in [-0.2, 0) is 13.1 Å². The Hall–Kier alpha value is -1.32. The molecule has 3 heteroatoms. The normalized spacial score (nSPS) is 16.7. The summed E-state index contributed by atoms with van der Waals surface area (Å²) in [5, 5.41) is 7.06. The third-order valence-corrected chi connectivity index (χ3v) is 4.32. The number of piperidine rings is 1. The van der Waals surface area contributed by atoms with Crippen LogP contribution in [-0.4, -0.2) is 24.2 Å². The Morgan fingerprint density at radius 1 is 1.43 bits per heavy atom. The van der Waals surface area contributed by atoms with E-state index in [1.54, 1.807) is 0 Å². The highest BCUT2D eigenvalue weighted by atomic mass is 15.0. The molecule has 1 aromatic rings. The molecule has 0 unspecified atom stereocenters. The number of hydrogen-bond donors (Lipinski definition) is 2. The van der Waals surface area contributed by atoms with Crippen molar-refractivity contribution in [1.82, 2.24) is 15.2 Å². The molecule has 1 aromatic heterocycles. The molecule has 21 heavy (non-hydrogen) atoms. The summed E-state index contributed by atoms with van der Waals surface area (Å²) in [7, 11) is 0. The standard InChI is InChI=1S/C18H29N3/c1-4-7-18-17(5-2)16(14-21(18)6-3)13-20-12-15-8-10-19-11-9-15/h4-5,7,14-15,19-20H,2,6,8-13H2,1,3H3/b7-4-. The van der Waals surface area contributed by atoms with Gasteiger partial charge in [0.15, 0.2) is 0 Å². The van der Waals surface area contributed by atoms with Crippen molar-refractivity contribution in [3.8, 4) is 0 Å². The maximum absolute atomic E-state index is 4.00. The molecule has 2 heterocycles. The van der Waals surface area contributed by atoms with Crippen LogP contribution in [0.2, 0.25) is 0 Å². The van der Waals surface area contributed by atoms with Crippen molar-refractivity contribution in [3.05, 3.63) is 35.7 Å². The van der Waals surface area contributed by atoms with E-state index < -0.39 is 0 Å². The Bertz CT molecular complexity index is 479. The Balaban J connectivity index is 2.00. The molecule has 0 aliphatic carbocycles. The lowest BCUT2D eigenvalue weighted by molar-refractivity contribution is 0.356. The van der Waals surface area contributed by atoms with E-state index in [0.29, 0.717) is 0 Å². The van der Waals surface area contributed by atoms with E-state index in [4.69, 9.17) is 0 Å². The van der Waals surface area contributed by atoms with Crippen LogP contribution in [0.15, 0.2) is 18.9 Å². The van der Waals surface area contributed by atoms with E-state index in [1.165, 1.54) is 42.8 Å². The van der Waals surface area contributed by atoms with Crippen LogP contribution < -0.4 is 10.6 Å². The fourth-order valence-electron chi connectivity index (χ4n) is 3.12. The number of allylic oxidation sites excluding steroid dienone is 1. The average Bonchev–Trinajstić information content (AvgIpc) is 2.86. The minimum absolute atomic E-state index is 0.821. The Morgan fingerprint density at radius 2 is 2.19 bits per heavy atom. The predicted octanol–water partition coefficient (Wildman–Crippen LogP) is 3.27. The van der Waals surface area contributed by atoms with E-state index in [2.05, 4.69) is 54.0 Å². The SMILES string of the molecule is C=Cc1c(CNCC2CCNCC2)cn(CC)c1/C=C\C. The van der Waals surface area contributed by atoms with Crippen molar-refractivity contribution in [3.63, 3.8) is 0 Å². The van der Waals surface area contributed by atoms with Crippen LogP contribution in [0.4, 0.5) is 0 Å². The summed E-state index contributed by atoms with van der Waals surface area (Å²) in [5.41, 5.74) is 3.90. The third kappa shape index (κ3) is 4.08. The molecular formula is C18H29N3. The first-order chi connectivity index (χ1) is 10.3. The van der Waals surface area contributed by atoms with Crippen LogP contribution in [0.25, 0.3) is 12.2 Å². The van der Waals surface area contributed by atoms with Crippen LogP contribution in [0.3, 0.4) is 0 Å². The maximum atomic E-state index is 4.00. The van der Waals surface area contributed by atoms with E-state index >= 15 is 0 Å². The molecule has 1 aliphatic heterocycles. The zero-order valence-electron chi connectivity index (χ0n) is 13.5. The van der Waals surface area contributed by atoms with E-state index in [1.807, 2.05) is 6.08 Å². The highest BCUT2D eigenvalue weighted by Crippen LogP contribution is 2.21. The van der Waals surface area contributed by atoms with Gasteiger partial charge >= 0.3 is 0 Å². The van der Waals surface area contributed by atoms with Gasteiger partial charge in [0.25, 0.3) is 0 Å². The lowest BCUT2D eigenvalue weighted by Gasteiger charge is -2.22. The molecule has 2 rings (SSSR count). The second-order valence-corrected chi connectivity index (χ2v) is 5.77. The number of rotatable bonds is 7. The van der Waals surface area contributed by atoms with Crippen molar-refractivity contribution in [2.24, 2.45) is 5.92 Å². The molecule has 0 radical (unpaired) electrons. The van der Waals surface area contributed by atoms with Gasteiger partial charge in [0, 0.05) is 30.5 Å². The number of nitrogens with one attached hydrogen (secondary N) is 2. The average molecular weight is 287 g/mol. The topological polar surface area (TPSA) is 29.0 Å². The quantitative estimate of drug-likeness (QED) is 0.806. The third-order valence-electron chi connectivity index (χ3n) is 4.32. The summed E-state index contributed by atoms with van der Waals surface area (Å²) in [6, 6.07) is 0. The second-order valence-electron chi connectivity index (χ2n) is 5.77. The fraction of sp³-hybridized carbons (Fsp3) is 0.556. The van der Waals surface area contributed by atoms with Crippen molar-refractivity contribution >= 4 is 12.2 Å². The molecule has 0 spiro atoms. The highest BCUT2D eigenvalue weighted by molar-refractivity contribution is 5.65. The lowest BCUT2D eigenvalue weighted by atomic mass is 9.98. The van der Waals surface area contributed by atoms with Crippen LogP contribution in [0.5, 0.6) is 0 Å². The molecule has 0 aromatic carbocycles. The largest absolute Gasteiger partial charge is 0.347 e. The summed E-state index contributed by atoms with van der Waals surface area (Å²) in [5.74, 6) is 0.821. The van der Waals surface area contributed by atoms with Gasteiger partial charge in [-0.15, -0.1) is 0 Å². The first kappa shape index (κ1) is 16.1. The van der Waals surface area contributed by atoms with E-state index in [-0.39, 0.29) is 0 Å². The zero-order chi connectivity index (χ0) is 15.1. The molecule has 0 atom stereocenters. The van der Waals surface area contributed by atoms with Gasteiger partial charge in [0.05, 0.1) is 0 Å². The number of aromatic nitrogens is 1. The molecule has 0 bridgehead atoms. The summed E-state index contributed by atoms with van der Waals surface area (Å²) in [4.78, 5) is 0. The molecule has 1 saturated heterocycles. The van der Waals surface area contributed by atoms with Gasteiger partial charge in [-0.25, -0.2) is 0 Å². The maximum Gasteiger partial charge on any atom is 0.0480 e. The van der Waals surface area contributed by atoms with Gasteiger partial charge in [-0.2, -0.15) is 0 Å². The Kier molecular flexibility index (Phi) is 6.27. The van der Waals surface area contributed by atoms with E-state index in [0.717, 1.165) is 25.6 Å². The monoisotopic (exact) mass is 287 g/mol. The number of aryl methyl sites for hydroxylation is 1. The van der Waals surface area contributed by atoms with Gasteiger partial charge in [0.2, 0.25) is 0 Å². The van der Waals surface area contributed by atoms with Gasteiger partial charge in [-0.3, -0.25) is 0 Å². The Labute approximate surface area is 129 Å². The van der Waals surface area contributed by atoms with Crippen molar-refractivity contribution in [2.45, 2.75) is 39.8 Å². The molecule has 0 amide bonds. The van der Waals surface area contributed by atoms with Gasteiger partial charge < -0.3 is 15.2 Å². The number of nitrogens with zero attached hydrogens (tertiary/aromatic N) is 1. The Morgan fingerprint density at radius 3 is 2.81 bits per heavy atom. The van der Waals surface area contributed by atoms with Gasteiger partial charge in [0.1, 0.15) is 0 Å². The molecule has 1 fully saturated rings. The first-order valence-electron chi connectivity index (χ1n) is 8.18. The second kappa shape index (κ2) is 8.20. The summed E-state index contributed by atoms with van der Waals surface area (Å²) >= 11 is 0. The minimum atomic E-state index is 0.821. The van der Waals surface area contributed by atoms with Crippen molar-refractivity contribution < 1.29 is 0 Å². The predicted molar refractivity (Wildman–Crippen MR) is 92.2 cm³/mol. The van der Waals surface area contributed by atoms with Crippen LogP contribution >= 0.6 is 0 Å². The highest BCUT2D eigenvalue weighted by Gasteiger charge is 2.14. The molecular weight excluding hydrogens is 258 g/mol. The molecule has 116 valence electrons. The summed E-state index contributed by atoms with van der Waals surface area (Å²) < 4.78 is 2.30. The minimum Gasteiger partial charge on any atom is -0.347 e. The molecule has 2 N–H and O–H groups in total. The van der Waals surface area contributed by atoms with Crippen LogP contribution in [0.1, 0.15) is 43.5 Å². The zero-order valence-corrected chi connectivity index (χ0v) is 13.5. The molecule has 0 saturated carbocycles. The van der Waals surface area contributed by atoms with Crippen molar-refractivity contribution in [2.75, 3.05) is 19.6 Å². The summed E-state index contributed by atoms with van der Waals surface area (Å²) in [6.45, 7) is 13.6.